The molecule has 0 aliphatic carbocycles. The minimum atomic E-state index is -0.431. The molecular weight excluding hydrogens is 308 g/mol. The number of amides is 2. The average molecular weight is 332 g/mol. The summed E-state index contributed by atoms with van der Waals surface area (Å²) < 4.78 is 5.30. The minimum absolute atomic E-state index is 0.103. The van der Waals surface area contributed by atoms with Gasteiger partial charge in [0.05, 0.1) is 25.3 Å². The Morgan fingerprint density at radius 1 is 1.25 bits per heavy atom. The zero-order valence-corrected chi connectivity index (χ0v) is 14.0. The Morgan fingerprint density at radius 3 is 2.79 bits per heavy atom. The van der Waals surface area contributed by atoms with Crippen molar-refractivity contribution in [3.05, 3.63) is 24.3 Å². The van der Waals surface area contributed by atoms with Gasteiger partial charge in [-0.1, -0.05) is 18.6 Å². The summed E-state index contributed by atoms with van der Waals surface area (Å²) in [5.74, 6) is 0.141. The highest BCUT2D eigenvalue weighted by molar-refractivity contribution is 6.23. The van der Waals surface area contributed by atoms with Gasteiger partial charge < -0.3 is 9.84 Å². The second-order valence-electron chi connectivity index (χ2n) is 6.36. The first-order chi connectivity index (χ1) is 11.7. The number of carbonyl (C=O) groups excluding carboxylic acids is 2. The fraction of sp³-hybridized carbons (Fsp3) is 0.556. The number of piperidine rings is 1. The smallest absolute Gasteiger partial charge is 0.251 e. The van der Waals surface area contributed by atoms with Crippen LogP contribution < -0.4 is 9.64 Å². The lowest BCUT2D eigenvalue weighted by molar-refractivity contribution is -0.124. The van der Waals surface area contributed by atoms with Crippen LogP contribution in [0.25, 0.3) is 0 Å². The van der Waals surface area contributed by atoms with E-state index in [9.17, 15) is 14.7 Å². The number of anilines is 1. The molecule has 3 rings (SSSR count). The summed E-state index contributed by atoms with van der Waals surface area (Å²) in [7, 11) is 1.53. The maximum absolute atomic E-state index is 13.0. The molecule has 2 atom stereocenters. The number of hydrogen-bond donors (Lipinski definition) is 1. The number of methoxy groups -OCH3 is 1. The van der Waals surface area contributed by atoms with Gasteiger partial charge in [0, 0.05) is 12.6 Å². The molecule has 0 spiro atoms. The number of carbonyl (C=O) groups is 2. The molecule has 6 nitrogen and oxygen atoms in total. The highest BCUT2D eigenvalue weighted by atomic mass is 16.5. The number of likely N-dealkylation sites (tertiary alicyclic amines) is 1. The Hall–Kier alpha value is -1.92. The van der Waals surface area contributed by atoms with Crippen LogP contribution in [0.15, 0.2) is 24.3 Å². The molecule has 0 saturated carbocycles. The van der Waals surface area contributed by atoms with Crippen molar-refractivity contribution in [1.82, 2.24) is 4.90 Å². The van der Waals surface area contributed by atoms with E-state index >= 15 is 0 Å². The van der Waals surface area contributed by atoms with Crippen LogP contribution in [-0.4, -0.2) is 54.2 Å². The van der Waals surface area contributed by atoms with E-state index in [1.165, 1.54) is 12.0 Å². The van der Waals surface area contributed by atoms with Crippen molar-refractivity contribution in [2.24, 2.45) is 0 Å². The molecule has 2 aliphatic rings. The van der Waals surface area contributed by atoms with E-state index in [-0.39, 0.29) is 30.9 Å². The van der Waals surface area contributed by atoms with Gasteiger partial charge in [0.1, 0.15) is 5.75 Å². The third-order valence-corrected chi connectivity index (χ3v) is 4.98. The van der Waals surface area contributed by atoms with Crippen molar-refractivity contribution in [3.8, 4) is 5.75 Å². The lowest BCUT2D eigenvalue weighted by Gasteiger charge is -2.38. The largest absolute Gasteiger partial charge is 0.495 e. The van der Waals surface area contributed by atoms with Gasteiger partial charge in [0.25, 0.3) is 5.91 Å². The van der Waals surface area contributed by atoms with E-state index in [1.54, 1.807) is 18.2 Å². The van der Waals surface area contributed by atoms with E-state index in [2.05, 4.69) is 4.90 Å². The molecule has 1 aromatic carbocycles. The number of imide groups is 1. The second kappa shape index (κ2) is 7.32. The summed E-state index contributed by atoms with van der Waals surface area (Å²) in [5.41, 5.74) is 0.508. The van der Waals surface area contributed by atoms with Gasteiger partial charge in [-0.05, 0) is 37.9 Å². The van der Waals surface area contributed by atoms with E-state index < -0.39 is 6.04 Å². The summed E-state index contributed by atoms with van der Waals surface area (Å²) in [6.07, 6.45) is 3.93. The Balaban J connectivity index is 1.86. The highest BCUT2D eigenvalue weighted by Gasteiger charge is 2.45. The van der Waals surface area contributed by atoms with Gasteiger partial charge in [0.2, 0.25) is 5.91 Å². The maximum Gasteiger partial charge on any atom is 0.251 e. The van der Waals surface area contributed by atoms with E-state index in [1.807, 2.05) is 6.07 Å². The van der Waals surface area contributed by atoms with E-state index in [0.29, 0.717) is 17.9 Å². The molecular formula is C18H24N2O4. The first-order valence-corrected chi connectivity index (χ1v) is 8.53. The lowest BCUT2D eigenvalue weighted by atomic mass is 9.97. The van der Waals surface area contributed by atoms with Crippen LogP contribution >= 0.6 is 0 Å². The molecule has 2 amide bonds. The van der Waals surface area contributed by atoms with Crippen molar-refractivity contribution in [2.75, 3.05) is 25.2 Å². The molecule has 1 N–H and O–H groups in total. The molecule has 0 radical (unpaired) electrons. The number of benzene rings is 1. The molecule has 24 heavy (non-hydrogen) atoms. The number of nitrogens with zero attached hydrogens (tertiary/aromatic N) is 2. The van der Waals surface area contributed by atoms with Crippen LogP contribution in [0.2, 0.25) is 0 Å². The summed E-state index contributed by atoms with van der Waals surface area (Å²) in [6.45, 7) is 0.903. The highest BCUT2D eigenvalue weighted by Crippen LogP contribution is 2.35. The lowest BCUT2D eigenvalue weighted by Crippen LogP contribution is -2.50. The van der Waals surface area contributed by atoms with Crippen LogP contribution in [0.4, 0.5) is 5.69 Å². The summed E-state index contributed by atoms with van der Waals surface area (Å²) in [5, 5.41) is 9.29. The fourth-order valence-electron chi connectivity index (χ4n) is 3.83. The second-order valence-corrected chi connectivity index (χ2v) is 6.36. The normalized spacial score (nSPS) is 25.3. The molecule has 6 heteroatoms. The predicted octanol–water partition coefficient (Wildman–Crippen LogP) is 1.56. The van der Waals surface area contributed by atoms with Gasteiger partial charge in [-0.2, -0.15) is 0 Å². The van der Waals surface area contributed by atoms with Crippen LogP contribution in [0, 0.1) is 0 Å². The zero-order valence-electron chi connectivity index (χ0n) is 14.0. The van der Waals surface area contributed by atoms with Crippen molar-refractivity contribution < 1.29 is 19.4 Å². The van der Waals surface area contributed by atoms with Crippen LogP contribution in [0.1, 0.15) is 32.1 Å². The van der Waals surface area contributed by atoms with E-state index in [4.69, 9.17) is 4.74 Å². The molecule has 2 aliphatic heterocycles. The Labute approximate surface area is 142 Å². The van der Waals surface area contributed by atoms with Gasteiger partial charge in [0.15, 0.2) is 0 Å². The molecule has 1 aromatic rings. The number of aliphatic hydroxyl groups excluding tert-OH is 1. The topological polar surface area (TPSA) is 70.1 Å². The monoisotopic (exact) mass is 332 g/mol. The number of rotatable bonds is 5. The first kappa shape index (κ1) is 16.9. The van der Waals surface area contributed by atoms with Crippen molar-refractivity contribution in [2.45, 2.75) is 44.2 Å². The summed E-state index contributed by atoms with van der Waals surface area (Å²) in [6, 6.07) is 6.83. The van der Waals surface area contributed by atoms with Gasteiger partial charge in [-0.3, -0.25) is 14.5 Å². The molecule has 130 valence electrons. The first-order valence-electron chi connectivity index (χ1n) is 8.53. The standard InChI is InChI=1S/C18H24N2O4/c1-24-16-8-3-2-7-14(16)20-17(22)12-15(18(20)23)19-10-5-4-6-13(19)9-11-21/h2-3,7-8,13,15,21H,4-6,9-12H2,1H3. The van der Waals surface area contributed by atoms with Crippen molar-refractivity contribution in [1.29, 1.82) is 0 Å². The Kier molecular flexibility index (Phi) is 5.16. The Morgan fingerprint density at radius 2 is 2.04 bits per heavy atom. The summed E-state index contributed by atoms with van der Waals surface area (Å²) >= 11 is 0. The van der Waals surface area contributed by atoms with Gasteiger partial charge in [-0.25, -0.2) is 4.90 Å². The van der Waals surface area contributed by atoms with Crippen molar-refractivity contribution >= 4 is 17.5 Å². The molecule has 2 heterocycles. The zero-order chi connectivity index (χ0) is 17.1. The number of para-hydroxylation sites is 2. The quantitative estimate of drug-likeness (QED) is 0.829. The van der Waals surface area contributed by atoms with Crippen molar-refractivity contribution in [3.63, 3.8) is 0 Å². The van der Waals surface area contributed by atoms with Gasteiger partial charge in [-0.15, -0.1) is 0 Å². The molecule has 2 unspecified atom stereocenters. The number of hydrogen-bond acceptors (Lipinski definition) is 5. The Bertz CT molecular complexity index is 617. The molecule has 2 saturated heterocycles. The third kappa shape index (κ3) is 3.03. The van der Waals surface area contributed by atoms with Crippen LogP contribution in [-0.2, 0) is 9.59 Å². The number of ether oxygens (including phenoxy) is 1. The minimum Gasteiger partial charge on any atom is -0.495 e. The number of aliphatic hydroxyl groups is 1. The summed E-state index contributed by atoms with van der Waals surface area (Å²) in [4.78, 5) is 28.9. The predicted molar refractivity (Wildman–Crippen MR) is 89.9 cm³/mol. The fourth-order valence-corrected chi connectivity index (χ4v) is 3.83. The van der Waals surface area contributed by atoms with Gasteiger partial charge >= 0.3 is 0 Å². The maximum atomic E-state index is 13.0. The molecule has 0 bridgehead atoms. The SMILES string of the molecule is COc1ccccc1N1C(=O)CC(N2CCCCC2CCO)C1=O. The van der Waals surface area contributed by atoms with Crippen LogP contribution in [0.5, 0.6) is 5.75 Å². The van der Waals surface area contributed by atoms with E-state index in [0.717, 1.165) is 25.8 Å². The van der Waals surface area contributed by atoms with Crippen LogP contribution in [0.3, 0.4) is 0 Å². The molecule has 2 fully saturated rings. The average Bonchev–Trinajstić information content (AvgIpc) is 2.90. The third-order valence-electron chi connectivity index (χ3n) is 4.98. The molecule has 0 aromatic heterocycles.